The van der Waals surface area contributed by atoms with Gasteiger partial charge in [0.1, 0.15) is 0 Å². The van der Waals surface area contributed by atoms with Crippen LogP contribution >= 0.6 is 0 Å². The molecule has 1 aromatic rings. The van der Waals surface area contributed by atoms with Crippen LogP contribution in [0.3, 0.4) is 0 Å². The number of hydrogen-bond acceptors (Lipinski definition) is 1. The Kier molecular flexibility index (Phi) is 2.15. The molecule has 76 valence electrons. The summed E-state index contributed by atoms with van der Waals surface area (Å²) in [6.07, 6.45) is 2.05. The van der Waals surface area contributed by atoms with Crippen molar-refractivity contribution in [2.45, 2.75) is 45.1 Å². The minimum Gasteiger partial charge on any atom is -0.392 e. The Labute approximate surface area is 85.8 Å². The van der Waals surface area contributed by atoms with E-state index in [9.17, 15) is 5.11 Å². The monoisotopic (exact) mass is 190 g/mol. The van der Waals surface area contributed by atoms with Crippen LogP contribution in [0.1, 0.15) is 36.5 Å². The molecular weight excluding hydrogens is 172 g/mol. The quantitative estimate of drug-likeness (QED) is 0.760. The lowest BCUT2D eigenvalue weighted by molar-refractivity contribution is 0.150. The Morgan fingerprint density at radius 1 is 1.14 bits per heavy atom. The first-order valence-electron chi connectivity index (χ1n) is 5.31. The predicted octanol–water partition coefficient (Wildman–Crippen LogP) is 2.72. The van der Waals surface area contributed by atoms with Crippen molar-refractivity contribution >= 4 is 0 Å². The molecule has 0 saturated heterocycles. The molecule has 1 fully saturated rings. The average molecular weight is 190 g/mol. The van der Waals surface area contributed by atoms with Gasteiger partial charge in [0.2, 0.25) is 0 Å². The third kappa shape index (κ3) is 1.46. The summed E-state index contributed by atoms with van der Waals surface area (Å²) in [6.45, 7) is 6.15. The molecule has 0 aliphatic heterocycles. The molecule has 0 bridgehead atoms. The smallest absolute Gasteiger partial charge is 0.0608 e. The van der Waals surface area contributed by atoms with E-state index in [0.717, 1.165) is 12.8 Å². The van der Waals surface area contributed by atoms with E-state index in [1.807, 2.05) is 6.92 Å². The second-order valence-corrected chi connectivity index (χ2v) is 4.71. The fourth-order valence-electron chi connectivity index (χ4n) is 2.34. The average Bonchev–Trinajstić information content (AvgIpc) is 2.81. The Hall–Kier alpha value is -0.820. The zero-order valence-corrected chi connectivity index (χ0v) is 9.17. The van der Waals surface area contributed by atoms with Crippen LogP contribution in [0.15, 0.2) is 18.2 Å². The third-order valence-electron chi connectivity index (χ3n) is 3.38. The topological polar surface area (TPSA) is 20.2 Å². The third-order valence-corrected chi connectivity index (χ3v) is 3.38. The highest BCUT2D eigenvalue weighted by Gasteiger charge is 2.48. The molecule has 1 aliphatic carbocycles. The lowest BCUT2D eigenvalue weighted by atomic mass is 9.89. The van der Waals surface area contributed by atoms with E-state index in [1.54, 1.807) is 0 Å². The van der Waals surface area contributed by atoms with Gasteiger partial charge < -0.3 is 5.11 Å². The standard InChI is InChI=1S/C13H18O/c1-9-6-10(2)8-12(7-9)13(4-5-13)11(3)14/h6-8,11,14H,4-5H2,1-3H3. The minimum atomic E-state index is -0.219. The fourth-order valence-corrected chi connectivity index (χ4v) is 2.34. The van der Waals surface area contributed by atoms with Crippen molar-refractivity contribution < 1.29 is 5.11 Å². The van der Waals surface area contributed by atoms with Gasteiger partial charge >= 0.3 is 0 Å². The van der Waals surface area contributed by atoms with Gasteiger partial charge in [-0.15, -0.1) is 0 Å². The number of aliphatic hydroxyl groups excluding tert-OH is 1. The van der Waals surface area contributed by atoms with Crippen molar-refractivity contribution in [3.63, 3.8) is 0 Å². The summed E-state index contributed by atoms with van der Waals surface area (Å²) in [5.74, 6) is 0. The van der Waals surface area contributed by atoms with Gasteiger partial charge in [-0.3, -0.25) is 0 Å². The second kappa shape index (κ2) is 3.09. The number of aryl methyl sites for hydroxylation is 2. The summed E-state index contributed by atoms with van der Waals surface area (Å²) in [5, 5.41) is 9.78. The van der Waals surface area contributed by atoms with Crippen molar-refractivity contribution in [2.24, 2.45) is 0 Å². The van der Waals surface area contributed by atoms with E-state index in [0.29, 0.717) is 0 Å². The number of aliphatic hydroxyl groups is 1. The van der Waals surface area contributed by atoms with E-state index < -0.39 is 0 Å². The summed E-state index contributed by atoms with van der Waals surface area (Å²) in [5.41, 5.74) is 4.00. The molecule has 0 aromatic heterocycles. The molecule has 2 rings (SSSR count). The first-order chi connectivity index (χ1) is 6.54. The Morgan fingerprint density at radius 2 is 1.64 bits per heavy atom. The zero-order chi connectivity index (χ0) is 10.3. The molecule has 0 spiro atoms. The summed E-state index contributed by atoms with van der Waals surface area (Å²) < 4.78 is 0. The van der Waals surface area contributed by atoms with Gasteiger partial charge in [-0.2, -0.15) is 0 Å². The van der Waals surface area contributed by atoms with Gasteiger partial charge in [0.15, 0.2) is 0 Å². The van der Waals surface area contributed by atoms with Gasteiger partial charge in [-0.25, -0.2) is 0 Å². The van der Waals surface area contributed by atoms with Crippen LogP contribution in [0.2, 0.25) is 0 Å². The van der Waals surface area contributed by atoms with E-state index in [-0.39, 0.29) is 11.5 Å². The molecule has 1 saturated carbocycles. The van der Waals surface area contributed by atoms with Crippen LogP contribution in [0, 0.1) is 13.8 Å². The van der Waals surface area contributed by atoms with Gasteiger partial charge in [0, 0.05) is 5.41 Å². The van der Waals surface area contributed by atoms with Crippen LogP contribution < -0.4 is 0 Å². The van der Waals surface area contributed by atoms with E-state index in [1.165, 1.54) is 16.7 Å². The van der Waals surface area contributed by atoms with Crippen molar-refractivity contribution in [3.05, 3.63) is 34.9 Å². The lowest BCUT2D eigenvalue weighted by Crippen LogP contribution is -2.22. The Balaban J connectivity index is 2.42. The lowest BCUT2D eigenvalue weighted by Gasteiger charge is -2.20. The molecular formula is C13H18O. The highest BCUT2D eigenvalue weighted by Crippen LogP contribution is 2.51. The molecule has 1 N–H and O–H groups in total. The first-order valence-corrected chi connectivity index (χ1v) is 5.31. The van der Waals surface area contributed by atoms with E-state index >= 15 is 0 Å². The molecule has 0 radical (unpaired) electrons. The molecule has 14 heavy (non-hydrogen) atoms. The van der Waals surface area contributed by atoms with Crippen molar-refractivity contribution in [3.8, 4) is 0 Å². The molecule has 1 heteroatoms. The van der Waals surface area contributed by atoms with Crippen LogP contribution in [0.5, 0.6) is 0 Å². The number of benzene rings is 1. The second-order valence-electron chi connectivity index (χ2n) is 4.71. The molecule has 1 aromatic carbocycles. The molecule has 0 amide bonds. The number of hydrogen-bond donors (Lipinski definition) is 1. The van der Waals surface area contributed by atoms with Gasteiger partial charge in [0.05, 0.1) is 6.10 Å². The van der Waals surface area contributed by atoms with Gasteiger partial charge in [0.25, 0.3) is 0 Å². The Morgan fingerprint density at radius 3 is 2.00 bits per heavy atom. The highest BCUT2D eigenvalue weighted by atomic mass is 16.3. The van der Waals surface area contributed by atoms with Crippen LogP contribution in [0.25, 0.3) is 0 Å². The predicted molar refractivity (Wildman–Crippen MR) is 58.5 cm³/mol. The Bertz CT molecular complexity index is 328. The fraction of sp³-hybridized carbons (Fsp3) is 0.538. The minimum absolute atomic E-state index is 0.0801. The number of rotatable bonds is 2. The van der Waals surface area contributed by atoms with E-state index in [4.69, 9.17) is 0 Å². The highest BCUT2D eigenvalue weighted by molar-refractivity contribution is 5.38. The van der Waals surface area contributed by atoms with Crippen molar-refractivity contribution in [2.75, 3.05) is 0 Å². The van der Waals surface area contributed by atoms with Crippen LogP contribution in [-0.4, -0.2) is 11.2 Å². The van der Waals surface area contributed by atoms with Crippen LogP contribution in [0.4, 0.5) is 0 Å². The summed E-state index contributed by atoms with van der Waals surface area (Å²) in [6, 6.07) is 6.61. The van der Waals surface area contributed by atoms with Gasteiger partial charge in [-0.05, 0) is 39.2 Å². The maximum absolute atomic E-state index is 9.78. The van der Waals surface area contributed by atoms with Crippen molar-refractivity contribution in [1.82, 2.24) is 0 Å². The van der Waals surface area contributed by atoms with Gasteiger partial charge in [-0.1, -0.05) is 29.3 Å². The van der Waals surface area contributed by atoms with Crippen LogP contribution in [-0.2, 0) is 5.41 Å². The maximum atomic E-state index is 9.78. The SMILES string of the molecule is Cc1cc(C)cc(C2(C(C)O)CC2)c1. The molecule has 1 nitrogen and oxygen atoms in total. The summed E-state index contributed by atoms with van der Waals surface area (Å²) in [7, 11) is 0. The molecule has 1 unspecified atom stereocenters. The molecule has 0 heterocycles. The summed E-state index contributed by atoms with van der Waals surface area (Å²) >= 11 is 0. The maximum Gasteiger partial charge on any atom is 0.0608 e. The normalized spacial score (nSPS) is 20.6. The molecule has 1 atom stereocenters. The zero-order valence-electron chi connectivity index (χ0n) is 9.17. The van der Waals surface area contributed by atoms with Crippen molar-refractivity contribution in [1.29, 1.82) is 0 Å². The molecule has 1 aliphatic rings. The summed E-state index contributed by atoms with van der Waals surface area (Å²) in [4.78, 5) is 0. The van der Waals surface area contributed by atoms with E-state index in [2.05, 4.69) is 32.0 Å². The largest absolute Gasteiger partial charge is 0.392 e. The first kappa shape index (κ1) is 9.72.